The Morgan fingerprint density at radius 1 is 1.20 bits per heavy atom. The van der Waals surface area contributed by atoms with E-state index in [1.54, 1.807) is 0 Å². The normalized spacial score (nSPS) is 18.2. The molecule has 0 bridgehead atoms. The van der Waals surface area contributed by atoms with Gasteiger partial charge in [-0.25, -0.2) is 0 Å². The molecule has 0 amide bonds. The summed E-state index contributed by atoms with van der Waals surface area (Å²) in [7, 11) is 0. The van der Waals surface area contributed by atoms with E-state index in [1.165, 1.54) is 43.2 Å². The van der Waals surface area contributed by atoms with Crippen molar-refractivity contribution in [2.24, 2.45) is 5.41 Å². The largest absolute Gasteiger partial charge is 0.493 e. The molecule has 0 unspecified atom stereocenters. The summed E-state index contributed by atoms with van der Waals surface area (Å²) in [6, 6.07) is 6.61. The highest BCUT2D eigenvalue weighted by Gasteiger charge is 2.31. The predicted molar refractivity (Wildman–Crippen MR) is 90.1 cm³/mol. The maximum Gasteiger partial charge on any atom is 0.122 e. The van der Waals surface area contributed by atoms with Crippen LogP contribution in [0.5, 0.6) is 5.75 Å². The second-order valence-corrected chi connectivity index (χ2v) is 7.00. The highest BCUT2D eigenvalue weighted by Crippen LogP contribution is 2.38. The summed E-state index contributed by atoms with van der Waals surface area (Å²) in [4.78, 5) is 0. The van der Waals surface area contributed by atoms with Crippen molar-refractivity contribution in [3.63, 3.8) is 0 Å². The number of rotatable bonds is 5. The lowest BCUT2D eigenvalue weighted by Gasteiger charge is -2.35. The van der Waals surface area contributed by atoms with E-state index in [1.807, 2.05) is 0 Å². The standard InChI is InChI=1S/C18H28OS/c1-14(2)16-8-7-15(3)17(11-16)19-12-18(13-20)9-5-4-6-10-18/h7-8,11,14,20H,4-6,9-10,12-13H2,1-3H3. The maximum absolute atomic E-state index is 6.21. The Morgan fingerprint density at radius 3 is 2.50 bits per heavy atom. The molecule has 1 fully saturated rings. The molecule has 0 heterocycles. The highest BCUT2D eigenvalue weighted by atomic mass is 32.1. The Balaban J connectivity index is 2.07. The lowest BCUT2D eigenvalue weighted by Crippen LogP contribution is -2.33. The van der Waals surface area contributed by atoms with E-state index < -0.39 is 0 Å². The van der Waals surface area contributed by atoms with Crippen LogP contribution in [0.3, 0.4) is 0 Å². The second kappa shape index (κ2) is 6.89. The van der Waals surface area contributed by atoms with Crippen LogP contribution in [-0.4, -0.2) is 12.4 Å². The molecule has 1 aromatic carbocycles. The van der Waals surface area contributed by atoms with E-state index in [0.29, 0.717) is 11.3 Å². The topological polar surface area (TPSA) is 9.23 Å². The molecule has 1 nitrogen and oxygen atoms in total. The molecule has 0 radical (unpaired) electrons. The summed E-state index contributed by atoms with van der Waals surface area (Å²) in [6.45, 7) is 7.40. The Bertz CT molecular complexity index is 433. The van der Waals surface area contributed by atoms with Gasteiger partial charge in [0.15, 0.2) is 0 Å². The molecule has 1 aliphatic rings. The minimum atomic E-state index is 0.293. The van der Waals surface area contributed by atoms with Crippen molar-refractivity contribution in [2.75, 3.05) is 12.4 Å². The quantitative estimate of drug-likeness (QED) is 0.717. The van der Waals surface area contributed by atoms with Gasteiger partial charge < -0.3 is 4.74 Å². The zero-order chi connectivity index (χ0) is 14.6. The number of thiol groups is 1. The highest BCUT2D eigenvalue weighted by molar-refractivity contribution is 7.80. The van der Waals surface area contributed by atoms with Gasteiger partial charge in [-0.2, -0.15) is 12.6 Å². The van der Waals surface area contributed by atoms with Gasteiger partial charge in [0.2, 0.25) is 0 Å². The van der Waals surface area contributed by atoms with E-state index in [0.717, 1.165) is 18.1 Å². The molecular formula is C18H28OS. The van der Waals surface area contributed by atoms with Crippen molar-refractivity contribution in [1.82, 2.24) is 0 Å². The minimum absolute atomic E-state index is 0.293. The van der Waals surface area contributed by atoms with Crippen LogP contribution in [0.1, 0.15) is 63.0 Å². The van der Waals surface area contributed by atoms with Crippen LogP contribution < -0.4 is 4.74 Å². The van der Waals surface area contributed by atoms with Gasteiger partial charge >= 0.3 is 0 Å². The lowest BCUT2D eigenvalue weighted by atomic mass is 9.76. The summed E-state index contributed by atoms with van der Waals surface area (Å²) in [6.07, 6.45) is 6.56. The van der Waals surface area contributed by atoms with Gasteiger partial charge in [-0.05, 0) is 48.6 Å². The van der Waals surface area contributed by atoms with Crippen molar-refractivity contribution in [2.45, 2.75) is 58.8 Å². The molecule has 112 valence electrons. The first-order valence-corrected chi connectivity index (χ1v) is 8.54. The predicted octanol–water partition coefficient (Wildman–Crippen LogP) is 5.38. The molecule has 0 saturated heterocycles. The third kappa shape index (κ3) is 3.72. The fraction of sp³-hybridized carbons (Fsp3) is 0.667. The van der Waals surface area contributed by atoms with Crippen molar-refractivity contribution in [1.29, 1.82) is 0 Å². The molecule has 2 heteroatoms. The van der Waals surface area contributed by atoms with E-state index in [9.17, 15) is 0 Å². The number of aryl methyl sites for hydroxylation is 1. The monoisotopic (exact) mass is 292 g/mol. The Hall–Kier alpha value is -0.630. The Kier molecular flexibility index (Phi) is 5.42. The first-order valence-electron chi connectivity index (χ1n) is 7.90. The van der Waals surface area contributed by atoms with E-state index in [2.05, 4.69) is 51.6 Å². The van der Waals surface area contributed by atoms with Gasteiger partial charge in [0.05, 0.1) is 6.61 Å². The molecule has 20 heavy (non-hydrogen) atoms. The fourth-order valence-corrected chi connectivity index (χ4v) is 3.42. The molecule has 1 aromatic rings. The van der Waals surface area contributed by atoms with E-state index in [-0.39, 0.29) is 0 Å². The summed E-state index contributed by atoms with van der Waals surface area (Å²) < 4.78 is 6.21. The van der Waals surface area contributed by atoms with Gasteiger partial charge in [0.1, 0.15) is 5.75 Å². The molecule has 0 aromatic heterocycles. The minimum Gasteiger partial charge on any atom is -0.493 e. The van der Waals surface area contributed by atoms with Crippen molar-refractivity contribution >= 4 is 12.6 Å². The Labute approximate surface area is 129 Å². The van der Waals surface area contributed by atoms with E-state index in [4.69, 9.17) is 4.74 Å². The summed E-state index contributed by atoms with van der Waals surface area (Å²) >= 11 is 4.59. The fourth-order valence-electron chi connectivity index (χ4n) is 3.01. The Morgan fingerprint density at radius 2 is 1.90 bits per heavy atom. The molecule has 1 saturated carbocycles. The molecular weight excluding hydrogens is 264 g/mol. The molecule has 2 rings (SSSR count). The van der Waals surface area contributed by atoms with Crippen LogP contribution in [0.4, 0.5) is 0 Å². The van der Waals surface area contributed by atoms with Crippen LogP contribution >= 0.6 is 12.6 Å². The van der Waals surface area contributed by atoms with Gasteiger partial charge in [-0.1, -0.05) is 45.2 Å². The van der Waals surface area contributed by atoms with Crippen LogP contribution in [0.2, 0.25) is 0 Å². The molecule has 0 spiro atoms. The first kappa shape index (κ1) is 15.8. The molecule has 0 N–H and O–H groups in total. The summed E-state index contributed by atoms with van der Waals surface area (Å²) in [5, 5.41) is 0. The number of hydrogen-bond donors (Lipinski definition) is 1. The third-order valence-corrected chi connectivity index (χ3v) is 5.33. The number of benzene rings is 1. The number of ether oxygens (including phenoxy) is 1. The van der Waals surface area contributed by atoms with Crippen LogP contribution in [0.15, 0.2) is 18.2 Å². The van der Waals surface area contributed by atoms with Crippen molar-refractivity contribution < 1.29 is 4.74 Å². The number of hydrogen-bond acceptors (Lipinski definition) is 2. The van der Waals surface area contributed by atoms with Crippen LogP contribution in [-0.2, 0) is 0 Å². The third-order valence-electron chi connectivity index (χ3n) is 4.66. The first-order chi connectivity index (χ1) is 9.56. The van der Waals surface area contributed by atoms with Crippen LogP contribution in [0.25, 0.3) is 0 Å². The van der Waals surface area contributed by atoms with Crippen molar-refractivity contribution in [3.05, 3.63) is 29.3 Å². The summed E-state index contributed by atoms with van der Waals surface area (Å²) in [5.41, 5.74) is 2.88. The van der Waals surface area contributed by atoms with Crippen LogP contribution in [0, 0.1) is 12.3 Å². The lowest BCUT2D eigenvalue weighted by molar-refractivity contribution is 0.120. The van der Waals surface area contributed by atoms with Gasteiger partial charge in [0.25, 0.3) is 0 Å². The average molecular weight is 292 g/mol. The summed E-state index contributed by atoms with van der Waals surface area (Å²) in [5.74, 6) is 2.55. The smallest absolute Gasteiger partial charge is 0.122 e. The molecule has 0 aliphatic heterocycles. The maximum atomic E-state index is 6.21. The van der Waals surface area contributed by atoms with Gasteiger partial charge in [-0.15, -0.1) is 0 Å². The van der Waals surface area contributed by atoms with Crippen molar-refractivity contribution in [3.8, 4) is 5.75 Å². The average Bonchev–Trinajstić information content (AvgIpc) is 2.47. The second-order valence-electron chi connectivity index (χ2n) is 6.69. The van der Waals surface area contributed by atoms with E-state index >= 15 is 0 Å². The zero-order valence-electron chi connectivity index (χ0n) is 13.1. The molecule has 1 aliphatic carbocycles. The van der Waals surface area contributed by atoms with Gasteiger partial charge in [0, 0.05) is 5.41 Å². The zero-order valence-corrected chi connectivity index (χ0v) is 14.0. The SMILES string of the molecule is Cc1ccc(C(C)C)cc1OCC1(CS)CCCCC1. The van der Waals surface area contributed by atoms with Gasteiger partial charge in [-0.3, -0.25) is 0 Å². The molecule has 0 atom stereocenters.